The Morgan fingerprint density at radius 2 is 1.04 bits per heavy atom. The second-order valence-corrected chi connectivity index (χ2v) is 7.97. The number of aryl methyl sites for hydroxylation is 4. The fourth-order valence-electron chi connectivity index (χ4n) is 3.69. The molecule has 0 aromatic heterocycles. The third-order valence-corrected chi connectivity index (χ3v) is 5.72. The summed E-state index contributed by atoms with van der Waals surface area (Å²) in [7, 11) is 0. The molecule has 0 spiro atoms. The first-order valence-corrected chi connectivity index (χ1v) is 10.2. The van der Waals surface area contributed by atoms with Crippen molar-refractivity contribution >= 4 is 0 Å². The lowest BCUT2D eigenvalue weighted by Crippen LogP contribution is -2.14. The lowest BCUT2D eigenvalue weighted by Gasteiger charge is -2.27. The summed E-state index contributed by atoms with van der Waals surface area (Å²) in [6.45, 7) is 8.70. The van der Waals surface area contributed by atoms with E-state index in [0.29, 0.717) is 0 Å². The van der Waals surface area contributed by atoms with E-state index in [1.807, 2.05) is 0 Å². The molecule has 0 atom stereocenters. The lowest BCUT2D eigenvalue weighted by atomic mass is 9.78. The second kappa shape index (κ2) is 10.4. The van der Waals surface area contributed by atoms with Gasteiger partial charge in [-0.15, -0.1) is 0 Å². The van der Waals surface area contributed by atoms with Crippen molar-refractivity contribution in [3.63, 3.8) is 0 Å². The van der Waals surface area contributed by atoms with Crippen LogP contribution in [0.5, 0.6) is 0 Å². The van der Waals surface area contributed by atoms with Crippen molar-refractivity contribution in [2.45, 2.75) is 72.6 Å². The van der Waals surface area contributed by atoms with Gasteiger partial charge in [0.05, 0.1) is 0 Å². The molecule has 0 N–H and O–H groups in total. The molecule has 0 nitrogen and oxygen atoms in total. The van der Waals surface area contributed by atoms with Crippen molar-refractivity contribution in [2.75, 3.05) is 0 Å². The highest BCUT2D eigenvalue weighted by Crippen LogP contribution is 2.33. The van der Waals surface area contributed by atoms with Gasteiger partial charge in [0.25, 0.3) is 0 Å². The molecule has 0 heteroatoms. The van der Waals surface area contributed by atoms with Crippen molar-refractivity contribution in [1.29, 1.82) is 0 Å². The molecule has 3 rings (SSSR count). The summed E-state index contributed by atoms with van der Waals surface area (Å²) in [5, 5.41) is 0. The van der Waals surface area contributed by atoms with Crippen LogP contribution in [-0.2, 0) is 6.42 Å². The number of benzene rings is 2. The first-order valence-electron chi connectivity index (χ1n) is 10.2. The zero-order valence-corrected chi connectivity index (χ0v) is 16.7. The van der Waals surface area contributed by atoms with E-state index in [0.717, 1.165) is 11.8 Å². The highest BCUT2D eigenvalue weighted by atomic mass is 14.2. The Kier molecular flexibility index (Phi) is 8.25. The van der Waals surface area contributed by atoms with Crippen molar-refractivity contribution in [3.05, 3.63) is 70.8 Å². The Morgan fingerprint density at radius 1 is 0.640 bits per heavy atom. The lowest BCUT2D eigenvalue weighted by molar-refractivity contribution is 0.259. The van der Waals surface area contributed by atoms with Crippen LogP contribution in [0.3, 0.4) is 0 Å². The van der Waals surface area contributed by atoms with Gasteiger partial charge in [0.15, 0.2) is 0 Å². The van der Waals surface area contributed by atoms with E-state index < -0.39 is 0 Å². The quantitative estimate of drug-likeness (QED) is 0.544. The summed E-state index contributed by atoms with van der Waals surface area (Å²) in [6, 6.07) is 17.6. The van der Waals surface area contributed by atoms with Gasteiger partial charge in [-0.1, -0.05) is 104 Å². The molecule has 0 unspecified atom stereocenters. The van der Waals surface area contributed by atoms with Crippen LogP contribution in [0.25, 0.3) is 0 Å². The van der Waals surface area contributed by atoms with E-state index in [9.17, 15) is 0 Å². The van der Waals surface area contributed by atoms with Crippen molar-refractivity contribution < 1.29 is 0 Å². The SMILES string of the molecule is CCC1CCC(CCc2ccc(C)cc2)CC1.Cc1ccc(C)cc1. The Bertz CT molecular complexity index is 562. The molecule has 0 radical (unpaired) electrons. The molecule has 1 fully saturated rings. The molecule has 0 heterocycles. The molecule has 1 saturated carbocycles. The van der Waals surface area contributed by atoms with Gasteiger partial charge in [-0.25, -0.2) is 0 Å². The molecule has 0 aliphatic heterocycles. The van der Waals surface area contributed by atoms with Gasteiger partial charge >= 0.3 is 0 Å². The topological polar surface area (TPSA) is 0 Å². The largest absolute Gasteiger partial charge is 0.0651 e. The number of rotatable bonds is 4. The predicted molar refractivity (Wildman–Crippen MR) is 111 cm³/mol. The van der Waals surface area contributed by atoms with Crippen LogP contribution in [0, 0.1) is 32.6 Å². The van der Waals surface area contributed by atoms with Gasteiger partial charge in [-0.05, 0) is 51.0 Å². The normalized spacial score (nSPS) is 19.8. The zero-order chi connectivity index (χ0) is 18.1. The van der Waals surface area contributed by atoms with Gasteiger partial charge in [-0.2, -0.15) is 0 Å². The van der Waals surface area contributed by atoms with E-state index in [1.54, 1.807) is 0 Å². The molecular formula is C25H36. The van der Waals surface area contributed by atoms with E-state index >= 15 is 0 Å². The average molecular weight is 337 g/mol. The van der Waals surface area contributed by atoms with Crippen LogP contribution < -0.4 is 0 Å². The fraction of sp³-hybridized carbons (Fsp3) is 0.520. The molecule has 136 valence electrons. The smallest absolute Gasteiger partial charge is 0.0276 e. The molecule has 25 heavy (non-hydrogen) atoms. The molecule has 1 aliphatic carbocycles. The van der Waals surface area contributed by atoms with Crippen LogP contribution in [0.4, 0.5) is 0 Å². The molecule has 0 saturated heterocycles. The predicted octanol–water partition coefficient (Wildman–Crippen LogP) is 7.45. The van der Waals surface area contributed by atoms with Crippen LogP contribution in [0.15, 0.2) is 48.5 Å². The summed E-state index contributed by atoms with van der Waals surface area (Å²) >= 11 is 0. The Labute approximate surface area is 155 Å². The van der Waals surface area contributed by atoms with Gasteiger partial charge < -0.3 is 0 Å². The van der Waals surface area contributed by atoms with Crippen LogP contribution >= 0.6 is 0 Å². The minimum absolute atomic E-state index is 0.999. The Hall–Kier alpha value is -1.56. The minimum atomic E-state index is 0.999. The Balaban J connectivity index is 0.000000236. The van der Waals surface area contributed by atoms with E-state index in [-0.39, 0.29) is 0 Å². The molecule has 2 aromatic carbocycles. The minimum Gasteiger partial charge on any atom is -0.0651 e. The van der Waals surface area contributed by atoms with Crippen molar-refractivity contribution in [2.24, 2.45) is 11.8 Å². The monoisotopic (exact) mass is 336 g/mol. The standard InChI is InChI=1S/C17H26.C8H10/c1-3-15-8-10-17(11-9-15)13-12-16-6-4-14(2)5-7-16;1-7-3-5-8(2)6-4-7/h4-7,15,17H,3,8-13H2,1-2H3;3-6H,1-2H3. The third kappa shape index (κ3) is 7.46. The summed E-state index contributed by atoms with van der Waals surface area (Å²) < 4.78 is 0. The summed E-state index contributed by atoms with van der Waals surface area (Å²) in [6.07, 6.45) is 9.99. The fourth-order valence-corrected chi connectivity index (χ4v) is 3.69. The maximum Gasteiger partial charge on any atom is -0.0276 e. The van der Waals surface area contributed by atoms with Crippen LogP contribution in [0.1, 0.15) is 67.7 Å². The van der Waals surface area contributed by atoms with Crippen LogP contribution in [-0.4, -0.2) is 0 Å². The van der Waals surface area contributed by atoms with Crippen molar-refractivity contribution in [1.82, 2.24) is 0 Å². The highest BCUT2D eigenvalue weighted by molar-refractivity contribution is 5.21. The first-order chi connectivity index (χ1) is 12.1. The third-order valence-electron chi connectivity index (χ3n) is 5.72. The van der Waals surface area contributed by atoms with Gasteiger partial charge in [0.1, 0.15) is 0 Å². The van der Waals surface area contributed by atoms with Crippen LogP contribution in [0.2, 0.25) is 0 Å². The van der Waals surface area contributed by atoms with E-state index in [2.05, 4.69) is 76.2 Å². The second-order valence-electron chi connectivity index (χ2n) is 7.97. The van der Waals surface area contributed by atoms with E-state index in [1.165, 1.54) is 67.2 Å². The Morgan fingerprint density at radius 3 is 1.48 bits per heavy atom. The van der Waals surface area contributed by atoms with Gasteiger partial charge in [0.2, 0.25) is 0 Å². The molecular weight excluding hydrogens is 300 g/mol. The maximum absolute atomic E-state index is 2.34. The molecule has 0 amide bonds. The maximum atomic E-state index is 2.34. The van der Waals surface area contributed by atoms with Crippen molar-refractivity contribution in [3.8, 4) is 0 Å². The summed E-state index contributed by atoms with van der Waals surface area (Å²) in [5.74, 6) is 2.03. The number of hydrogen-bond donors (Lipinski definition) is 0. The number of hydrogen-bond acceptors (Lipinski definition) is 0. The first kappa shape index (κ1) is 19.8. The highest BCUT2D eigenvalue weighted by Gasteiger charge is 2.19. The molecule has 2 aromatic rings. The summed E-state index contributed by atoms with van der Waals surface area (Å²) in [4.78, 5) is 0. The summed E-state index contributed by atoms with van der Waals surface area (Å²) in [5.41, 5.74) is 5.55. The zero-order valence-electron chi connectivity index (χ0n) is 16.7. The van der Waals surface area contributed by atoms with Gasteiger partial charge in [0, 0.05) is 0 Å². The average Bonchev–Trinajstić information content (AvgIpc) is 2.65. The van der Waals surface area contributed by atoms with Gasteiger partial charge in [-0.3, -0.25) is 0 Å². The molecule has 1 aliphatic rings. The molecule has 0 bridgehead atoms. The van der Waals surface area contributed by atoms with E-state index in [4.69, 9.17) is 0 Å².